The van der Waals surface area contributed by atoms with E-state index in [2.05, 4.69) is 15.6 Å². The van der Waals surface area contributed by atoms with E-state index in [9.17, 15) is 9.59 Å². The lowest BCUT2D eigenvalue weighted by Gasteiger charge is -2.23. The van der Waals surface area contributed by atoms with E-state index in [1.807, 2.05) is 36.5 Å². The number of hydrogen-bond acceptors (Lipinski definition) is 3. The highest BCUT2D eigenvalue weighted by molar-refractivity contribution is 6.10. The van der Waals surface area contributed by atoms with Crippen molar-refractivity contribution in [2.45, 2.75) is 20.3 Å². The number of anilines is 1. The van der Waals surface area contributed by atoms with Crippen LogP contribution in [0.1, 0.15) is 19.4 Å². The number of para-hydroxylation sites is 3. The van der Waals surface area contributed by atoms with Crippen LogP contribution in [0.3, 0.4) is 0 Å². The Morgan fingerprint density at radius 1 is 1.04 bits per heavy atom. The minimum absolute atomic E-state index is 0.320. The van der Waals surface area contributed by atoms with Crippen LogP contribution in [-0.2, 0) is 16.0 Å². The van der Waals surface area contributed by atoms with E-state index < -0.39 is 5.41 Å². The van der Waals surface area contributed by atoms with Crippen molar-refractivity contribution >= 4 is 28.4 Å². The summed E-state index contributed by atoms with van der Waals surface area (Å²) in [5.41, 5.74) is 1.52. The smallest absolute Gasteiger partial charge is 0.239 e. The third kappa shape index (κ3) is 4.01. The summed E-state index contributed by atoms with van der Waals surface area (Å²) in [6, 6.07) is 15.1. The molecular formula is C22H25N3O3. The predicted molar refractivity (Wildman–Crippen MR) is 110 cm³/mol. The van der Waals surface area contributed by atoms with Crippen molar-refractivity contribution in [3.05, 3.63) is 60.3 Å². The topological polar surface area (TPSA) is 83.2 Å². The fourth-order valence-corrected chi connectivity index (χ4v) is 3.00. The number of carbonyl (C=O) groups is 2. The number of amides is 2. The molecule has 0 spiro atoms. The molecule has 6 heteroatoms. The molecule has 0 unspecified atom stereocenters. The monoisotopic (exact) mass is 379 g/mol. The standard InChI is InChI=1S/C22H25N3O3/c1-22(2,21(27)25-18-10-6-7-11-19(18)28-3)20(26)23-13-12-15-14-24-17-9-5-4-8-16(15)17/h4-11,14,24H,12-13H2,1-3H3,(H,23,26)(H,25,27). The van der Waals surface area contributed by atoms with E-state index in [0.29, 0.717) is 24.4 Å². The minimum Gasteiger partial charge on any atom is -0.495 e. The van der Waals surface area contributed by atoms with Gasteiger partial charge in [0.2, 0.25) is 11.8 Å². The van der Waals surface area contributed by atoms with Crippen LogP contribution in [0.5, 0.6) is 5.75 Å². The van der Waals surface area contributed by atoms with Crippen molar-refractivity contribution < 1.29 is 14.3 Å². The Morgan fingerprint density at radius 2 is 1.75 bits per heavy atom. The van der Waals surface area contributed by atoms with Gasteiger partial charge >= 0.3 is 0 Å². The number of benzene rings is 2. The van der Waals surface area contributed by atoms with Gasteiger partial charge in [-0.3, -0.25) is 9.59 Å². The van der Waals surface area contributed by atoms with Crippen LogP contribution in [0.2, 0.25) is 0 Å². The highest BCUT2D eigenvalue weighted by atomic mass is 16.5. The van der Waals surface area contributed by atoms with Crippen LogP contribution in [0.4, 0.5) is 5.69 Å². The number of hydrogen-bond donors (Lipinski definition) is 3. The molecule has 28 heavy (non-hydrogen) atoms. The number of fused-ring (bicyclic) bond motifs is 1. The molecule has 0 fully saturated rings. The average Bonchev–Trinajstić information content (AvgIpc) is 3.11. The number of carbonyl (C=O) groups excluding carboxylic acids is 2. The van der Waals surface area contributed by atoms with Gasteiger partial charge in [0.15, 0.2) is 0 Å². The largest absolute Gasteiger partial charge is 0.495 e. The molecule has 0 aliphatic carbocycles. The highest BCUT2D eigenvalue weighted by Crippen LogP contribution is 2.26. The molecule has 3 rings (SSSR count). The summed E-state index contributed by atoms with van der Waals surface area (Å²) in [5.74, 6) is -0.160. The normalized spacial score (nSPS) is 11.2. The molecule has 0 bridgehead atoms. The molecule has 0 radical (unpaired) electrons. The van der Waals surface area contributed by atoms with Gasteiger partial charge in [-0.1, -0.05) is 30.3 Å². The lowest BCUT2D eigenvalue weighted by molar-refractivity contribution is -0.138. The Balaban J connectivity index is 1.60. The van der Waals surface area contributed by atoms with Gasteiger partial charge in [-0.05, 0) is 44.0 Å². The summed E-state index contributed by atoms with van der Waals surface area (Å²) >= 11 is 0. The quantitative estimate of drug-likeness (QED) is 0.550. The summed E-state index contributed by atoms with van der Waals surface area (Å²) in [5, 5.41) is 6.80. The van der Waals surface area contributed by atoms with Crippen LogP contribution >= 0.6 is 0 Å². The number of aromatic nitrogens is 1. The van der Waals surface area contributed by atoms with E-state index in [1.165, 1.54) is 7.11 Å². The predicted octanol–water partition coefficient (Wildman–Crippen LogP) is 3.50. The van der Waals surface area contributed by atoms with E-state index in [1.54, 1.807) is 32.0 Å². The molecule has 0 saturated carbocycles. The first-order chi connectivity index (χ1) is 13.4. The lowest BCUT2D eigenvalue weighted by Crippen LogP contribution is -2.45. The highest BCUT2D eigenvalue weighted by Gasteiger charge is 2.36. The number of ether oxygens (including phenoxy) is 1. The zero-order valence-corrected chi connectivity index (χ0v) is 16.3. The van der Waals surface area contributed by atoms with Crippen LogP contribution in [-0.4, -0.2) is 30.5 Å². The molecule has 3 aromatic rings. The number of methoxy groups -OCH3 is 1. The van der Waals surface area contributed by atoms with E-state index >= 15 is 0 Å². The molecule has 0 atom stereocenters. The second kappa shape index (κ2) is 8.17. The number of aromatic amines is 1. The SMILES string of the molecule is COc1ccccc1NC(=O)C(C)(C)C(=O)NCCc1c[nH]c2ccccc12. The van der Waals surface area contributed by atoms with E-state index in [4.69, 9.17) is 4.74 Å². The Morgan fingerprint density at radius 3 is 2.54 bits per heavy atom. The van der Waals surface area contributed by atoms with Gasteiger partial charge in [0.1, 0.15) is 11.2 Å². The molecule has 146 valence electrons. The van der Waals surface area contributed by atoms with Gasteiger partial charge in [0, 0.05) is 23.6 Å². The van der Waals surface area contributed by atoms with Crippen LogP contribution < -0.4 is 15.4 Å². The number of nitrogens with one attached hydrogen (secondary N) is 3. The summed E-state index contributed by atoms with van der Waals surface area (Å²) in [6.07, 6.45) is 2.64. The molecule has 0 saturated heterocycles. The molecule has 0 aliphatic rings. The van der Waals surface area contributed by atoms with E-state index in [-0.39, 0.29) is 11.8 Å². The first-order valence-electron chi connectivity index (χ1n) is 9.21. The first kappa shape index (κ1) is 19.5. The van der Waals surface area contributed by atoms with Gasteiger partial charge in [0.05, 0.1) is 12.8 Å². The van der Waals surface area contributed by atoms with Gasteiger partial charge in [-0.25, -0.2) is 0 Å². The summed E-state index contributed by atoms with van der Waals surface area (Å²) in [6.45, 7) is 3.67. The Hall–Kier alpha value is -3.28. The zero-order valence-electron chi connectivity index (χ0n) is 16.3. The maximum absolute atomic E-state index is 12.7. The van der Waals surface area contributed by atoms with Gasteiger partial charge < -0.3 is 20.4 Å². The zero-order chi connectivity index (χ0) is 20.1. The van der Waals surface area contributed by atoms with Crippen molar-refractivity contribution in [3.63, 3.8) is 0 Å². The van der Waals surface area contributed by atoms with Crippen molar-refractivity contribution in [2.75, 3.05) is 19.0 Å². The molecule has 1 heterocycles. The first-order valence-corrected chi connectivity index (χ1v) is 9.21. The van der Waals surface area contributed by atoms with Crippen molar-refractivity contribution in [2.24, 2.45) is 5.41 Å². The molecular weight excluding hydrogens is 354 g/mol. The summed E-state index contributed by atoms with van der Waals surface area (Å²) in [4.78, 5) is 28.5. The molecule has 6 nitrogen and oxygen atoms in total. The summed E-state index contributed by atoms with van der Waals surface area (Å²) < 4.78 is 5.24. The number of H-pyrrole nitrogens is 1. The molecule has 0 aliphatic heterocycles. The second-order valence-electron chi connectivity index (χ2n) is 7.14. The van der Waals surface area contributed by atoms with Crippen LogP contribution in [0, 0.1) is 5.41 Å². The second-order valence-corrected chi connectivity index (χ2v) is 7.14. The third-order valence-electron chi connectivity index (χ3n) is 4.85. The minimum atomic E-state index is -1.22. The summed E-state index contributed by atoms with van der Waals surface area (Å²) in [7, 11) is 1.54. The molecule has 3 N–H and O–H groups in total. The maximum atomic E-state index is 12.7. The average molecular weight is 379 g/mol. The van der Waals surface area contributed by atoms with Crippen molar-refractivity contribution in [1.82, 2.24) is 10.3 Å². The molecule has 1 aromatic heterocycles. The van der Waals surface area contributed by atoms with Crippen LogP contribution in [0.25, 0.3) is 10.9 Å². The fraction of sp³-hybridized carbons (Fsp3) is 0.273. The van der Waals surface area contributed by atoms with Crippen molar-refractivity contribution in [1.29, 1.82) is 0 Å². The number of rotatable bonds is 7. The Kier molecular flexibility index (Phi) is 5.68. The fourth-order valence-electron chi connectivity index (χ4n) is 3.00. The van der Waals surface area contributed by atoms with E-state index in [0.717, 1.165) is 16.5 Å². The molecule has 2 aromatic carbocycles. The maximum Gasteiger partial charge on any atom is 0.239 e. The Bertz CT molecular complexity index is 991. The van der Waals surface area contributed by atoms with Gasteiger partial charge in [-0.15, -0.1) is 0 Å². The van der Waals surface area contributed by atoms with Gasteiger partial charge in [0.25, 0.3) is 0 Å². The lowest BCUT2D eigenvalue weighted by atomic mass is 9.90. The van der Waals surface area contributed by atoms with Gasteiger partial charge in [-0.2, -0.15) is 0 Å². The third-order valence-corrected chi connectivity index (χ3v) is 4.85. The molecule has 2 amide bonds. The Labute approximate surface area is 164 Å². The van der Waals surface area contributed by atoms with Crippen molar-refractivity contribution in [3.8, 4) is 5.75 Å². The van der Waals surface area contributed by atoms with Crippen LogP contribution in [0.15, 0.2) is 54.7 Å².